The van der Waals surface area contributed by atoms with Crippen molar-refractivity contribution in [3.8, 4) is 0 Å². The van der Waals surface area contributed by atoms with Crippen molar-refractivity contribution >= 4 is 22.7 Å². The number of aromatic nitrogens is 1. The molecule has 1 unspecified atom stereocenters. The summed E-state index contributed by atoms with van der Waals surface area (Å²) in [7, 11) is 0. The van der Waals surface area contributed by atoms with Gasteiger partial charge in [-0.1, -0.05) is 74.5 Å². The van der Waals surface area contributed by atoms with Crippen molar-refractivity contribution in [3.05, 3.63) is 107 Å². The zero-order chi connectivity index (χ0) is 24.9. The van der Waals surface area contributed by atoms with Crippen LogP contribution in [-0.2, 0) is 17.8 Å². The number of hydrogen-bond acceptors (Lipinski definition) is 3. The third kappa shape index (κ3) is 5.69. The van der Waals surface area contributed by atoms with E-state index in [4.69, 9.17) is 10.8 Å². The standard InChI is InChI=1S/C30H32N2O3/c1-20(2)17-21-12-14-22(15-13-21)29(31)23-7-5-8-24(18-23)30(35)26-19-32(16-6-11-28(33)34)27-10-4-3-9-25(26)27/h3-5,7-10,12-15,18-20,29H,6,11,16-17,31H2,1-2H3,(H,33,34). The molecule has 0 radical (unpaired) electrons. The Bertz CT molecular complexity index is 1340. The van der Waals surface area contributed by atoms with Crippen LogP contribution in [0.3, 0.4) is 0 Å². The van der Waals surface area contributed by atoms with Crippen LogP contribution in [0.1, 0.15) is 65.3 Å². The second-order valence-electron chi connectivity index (χ2n) is 9.52. The minimum absolute atomic E-state index is 0.0699. The van der Waals surface area contributed by atoms with Gasteiger partial charge in [-0.05, 0) is 47.6 Å². The van der Waals surface area contributed by atoms with Gasteiger partial charge in [0.15, 0.2) is 5.78 Å². The number of benzene rings is 3. The van der Waals surface area contributed by atoms with Gasteiger partial charge >= 0.3 is 5.97 Å². The summed E-state index contributed by atoms with van der Waals surface area (Å²) in [5, 5.41) is 9.84. The summed E-state index contributed by atoms with van der Waals surface area (Å²) in [5.74, 6) is -0.291. The fraction of sp³-hybridized carbons (Fsp3) is 0.267. The molecule has 4 rings (SSSR count). The molecule has 0 fully saturated rings. The highest BCUT2D eigenvalue weighted by Gasteiger charge is 2.18. The Kier molecular flexibility index (Phi) is 7.47. The average Bonchev–Trinajstić information content (AvgIpc) is 3.22. The second-order valence-corrected chi connectivity index (χ2v) is 9.52. The van der Waals surface area contributed by atoms with Crippen LogP contribution < -0.4 is 5.73 Å². The number of carboxylic acids is 1. The average molecular weight is 469 g/mol. The third-order valence-corrected chi connectivity index (χ3v) is 6.31. The zero-order valence-corrected chi connectivity index (χ0v) is 20.3. The molecule has 0 aliphatic carbocycles. The van der Waals surface area contributed by atoms with E-state index in [0.717, 1.165) is 28.5 Å². The van der Waals surface area contributed by atoms with E-state index in [9.17, 15) is 9.59 Å². The summed E-state index contributed by atoms with van der Waals surface area (Å²) < 4.78 is 1.97. The van der Waals surface area contributed by atoms with Crippen LogP contribution in [0.15, 0.2) is 79.0 Å². The first-order valence-electron chi connectivity index (χ1n) is 12.1. The van der Waals surface area contributed by atoms with Crippen LogP contribution in [0.4, 0.5) is 0 Å². The van der Waals surface area contributed by atoms with Crippen molar-refractivity contribution in [3.63, 3.8) is 0 Å². The van der Waals surface area contributed by atoms with Gasteiger partial charge in [0.05, 0.1) is 6.04 Å². The summed E-state index contributed by atoms with van der Waals surface area (Å²) in [6.45, 7) is 4.95. The molecule has 1 heterocycles. The lowest BCUT2D eigenvalue weighted by atomic mass is 9.94. The molecule has 5 heteroatoms. The van der Waals surface area contributed by atoms with E-state index >= 15 is 0 Å². The van der Waals surface area contributed by atoms with E-state index in [1.54, 1.807) is 0 Å². The quantitative estimate of drug-likeness (QED) is 0.280. The van der Waals surface area contributed by atoms with E-state index in [2.05, 4.69) is 38.1 Å². The number of aryl methyl sites for hydroxylation is 1. The van der Waals surface area contributed by atoms with Crippen LogP contribution in [0, 0.1) is 5.92 Å². The Morgan fingerprint density at radius 3 is 2.40 bits per heavy atom. The molecule has 1 aromatic heterocycles. The number of hydrogen-bond donors (Lipinski definition) is 2. The smallest absolute Gasteiger partial charge is 0.303 e. The molecule has 0 amide bonds. The molecule has 0 saturated heterocycles. The largest absolute Gasteiger partial charge is 0.481 e. The van der Waals surface area contributed by atoms with Crippen LogP contribution in [-0.4, -0.2) is 21.4 Å². The number of carboxylic acid groups (broad SMARTS) is 1. The van der Waals surface area contributed by atoms with Crippen LogP contribution in [0.25, 0.3) is 10.9 Å². The van der Waals surface area contributed by atoms with Crippen LogP contribution in [0.5, 0.6) is 0 Å². The SMILES string of the molecule is CC(C)Cc1ccc(C(N)c2cccc(C(=O)c3cn(CCCC(=O)O)c4ccccc34)c2)cc1. The molecule has 5 nitrogen and oxygen atoms in total. The topological polar surface area (TPSA) is 85.3 Å². The lowest BCUT2D eigenvalue weighted by Gasteiger charge is -2.15. The van der Waals surface area contributed by atoms with Gasteiger partial charge in [0.25, 0.3) is 0 Å². The lowest BCUT2D eigenvalue weighted by Crippen LogP contribution is -2.13. The number of ketones is 1. The number of rotatable bonds is 10. The Balaban J connectivity index is 1.60. The fourth-order valence-electron chi connectivity index (χ4n) is 4.57. The Labute approximate surface area is 206 Å². The van der Waals surface area contributed by atoms with E-state index in [0.29, 0.717) is 30.0 Å². The molecule has 4 aromatic rings. The minimum atomic E-state index is -0.819. The number of para-hydroxylation sites is 1. The van der Waals surface area contributed by atoms with Gasteiger partial charge in [-0.25, -0.2) is 0 Å². The zero-order valence-electron chi connectivity index (χ0n) is 20.3. The van der Waals surface area contributed by atoms with Crippen molar-refractivity contribution in [2.75, 3.05) is 0 Å². The third-order valence-electron chi connectivity index (χ3n) is 6.31. The highest BCUT2D eigenvalue weighted by atomic mass is 16.4. The first kappa shape index (κ1) is 24.4. The van der Waals surface area contributed by atoms with Crippen LogP contribution >= 0.6 is 0 Å². The van der Waals surface area contributed by atoms with Gasteiger partial charge in [0, 0.05) is 41.2 Å². The summed E-state index contributed by atoms with van der Waals surface area (Å²) in [6.07, 6.45) is 3.47. The molecule has 35 heavy (non-hydrogen) atoms. The van der Waals surface area contributed by atoms with Crippen molar-refractivity contribution in [1.29, 1.82) is 0 Å². The first-order chi connectivity index (χ1) is 16.8. The number of aliphatic carboxylic acids is 1. The second kappa shape index (κ2) is 10.7. The van der Waals surface area contributed by atoms with E-state index in [-0.39, 0.29) is 18.2 Å². The van der Waals surface area contributed by atoms with Crippen molar-refractivity contribution < 1.29 is 14.7 Å². The molecule has 1 atom stereocenters. The molecular weight excluding hydrogens is 436 g/mol. The summed E-state index contributed by atoms with van der Waals surface area (Å²) >= 11 is 0. The van der Waals surface area contributed by atoms with Crippen molar-refractivity contribution in [1.82, 2.24) is 4.57 Å². The van der Waals surface area contributed by atoms with Gasteiger partial charge in [-0.2, -0.15) is 0 Å². The highest BCUT2D eigenvalue weighted by Crippen LogP contribution is 2.27. The minimum Gasteiger partial charge on any atom is -0.481 e. The fourth-order valence-corrected chi connectivity index (χ4v) is 4.57. The molecule has 180 valence electrons. The summed E-state index contributed by atoms with van der Waals surface area (Å²) in [4.78, 5) is 24.5. The maximum atomic E-state index is 13.6. The number of carbonyl (C=O) groups is 2. The number of nitrogens with zero attached hydrogens (tertiary/aromatic N) is 1. The number of fused-ring (bicyclic) bond motifs is 1. The molecule has 3 aromatic carbocycles. The molecule has 0 aliphatic heterocycles. The Morgan fingerprint density at radius 2 is 1.69 bits per heavy atom. The molecule has 0 saturated carbocycles. The van der Waals surface area contributed by atoms with Gasteiger partial charge in [-0.3, -0.25) is 9.59 Å². The highest BCUT2D eigenvalue weighted by molar-refractivity contribution is 6.16. The van der Waals surface area contributed by atoms with Crippen LogP contribution in [0.2, 0.25) is 0 Å². The lowest BCUT2D eigenvalue weighted by molar-refractivity contribution is -0.137. The summed E-state index contributed by atoms with van der Waals surface area (Å²) in [6, 6.07) is 23.3. The first-order valence-corrected chi connectivity index (χ1v) is 12.1. The van der Waals surface area contributed by atoms with Gasteiger partial charge in [0.2, 0.25) is 0 Å². The van der Waals surface area contributed by atoms with Gasteiger partial charge in [-0.15, -0.1) is 0 Å². The van der Waals surface area contributed by atoms with E-state index in [1.165, 1.54) is 5.56 Å². The predicted octanol–water partition coefficient (Wildman–Crippen LogP) is 5.98. The number of nitrogens with two attached hydrogens (primary N) is 1. The summed E-state index contributed by atoms with van der Waals surface area (Å²) in [5.41, 5.74) is 11.9. The molecule has 0 spiro atoms. The van der Waals surface area contributed by atoms with E-state index < -0.39 is 5.97 Å². The maximum Gasteiger partial charge on any atom is 0.303 e. The Morgan fingerprint density at radius 1 is 0.943 bits per heavy atom. The monoisotopic (exact) mass is 468 g/mol. The van der Waals surface area contributed by atoms with E-state index in [1.807, 2.05) is 59.3 Å². The predicted molar refractivity (Wildman–Crippen MR) is 140 cm³/mol. The normalized spacial score (nSPS) is 12.2. The Hall–Kier alpha value is -3.70. The van der Waals surface area contributed by atoms with Crippen molar-refractivity contribution in [2.24, 2.45) is 11.7 Å². The molecule has 3 N–H and O–H groups in total. The number of carbonyl (C=O) groups excluding carboxylic acids is 1. The molecule has 0 bridgehead atoms. The van der Waals surface area contributed by atoms with Gasteiger partial charge in [0.1, 0.15) is 0 Å². The van der Waals surface area contributed by atoms with Gasteiger partial charge < -0.3 is 15.4 Å². The maximum absolute atomic E-state index is 13.6. The molecular formula is C30H32N2O3. The van der Waals surface area contributed by atoms with Crippen molar-refractivity contribution in [2.45, 2.75) is 45.7 Å². The molecule has 0 aliphatic rings.